The summed E-state index contributed by atoms with van der Waals surface area (Å²) >= 11 is 0. The Kier molecular flexibility index (Phi) is 5.13. The van der Waals surface area contributed by atoms with Crippen molar-refractivity contribution in [3.63, 3.8) is 0 Å². The Bertz CT molecular complexity index is 1050. The first-order valence-electron chi connectivity index (χ1n) is 11.1. The Morgan fingerprint density at radius 2 is 1.38 bits per heavy atom. The van der Waals surface area contributed by atoms with Crippen molar-refractivity contribution in [2.75, 3.05) is 6.54 Å². The van der Waals surface area contributed by atoms with Crippen molar-refractivity contribution in [1.82, 2.24) is 4.90 Å². The highest BCUT2D eigenvalue weighted by molar-refractivity contribution is 5.87. The Balaban J connectivity index is 1.59. The van der Waals surface area contributed by atoms with Crippen LogP contribution in [0.5, 0.6) is 0 Å². The van der Waals surface area contributed by atoms with Gasteiger partial charge in [0, 0.05) is 13.0 Å². The fourth-order valence-electron chi connectivity index (χ4n) is 5.23. The van der Waals surface area contributed by atoms with Crippen molar-refractivity contribution >= 4 is 5.91 Å². The summed E-state index contributed by atoms with van der Waals surface area (Å²) in [6, 6.07) is 29.4. The summed E-state index contributed by atoms with van der Waals surface area (Å²) in [5, 5.41) is 11.6. The summed E-state index contributed by atoms with van der Waals surface area (Å²) in [4.78, 5) is 27.5. The van der Waals surface area contributed by atoms with Crippen molar-refractivity contribution < 1.29 is 19.7 Å². The molecule has 2 atom stereocenters. The molecule has 0 saturated carbocycles. The number of carbonyl (C=O) groups excluding carboxylic acids is 1. The normalized spacial score (nSPS) is 26.7. The summed E-state index contributed by atoms with van der Waals surface area (Å²) in [6.07, 6.45) is 0.712. The van der Waals surface area contributed by atoms with Crippen LogP contribution in [0.1, 0.15) is 36.5 Å². The molecule has 0 bridgehead atoms. The first-order valence-corrected chi connectivity index (χ1v) is 11.1. The third-order valence-corrected chi connectivity index (χ3v) is 7.02. The highest BCUT2D eigenvalue weighted by atomic mass is 17.2. The van der Waals surface area contributed by atoms with Gasteiger partial charge in [-0.1, -0.05) is 97.9 Å². The zero-order valence-electron chi connectivity index (χ0n) is 18.1. The molecule has 1 N–H and O–H groups in total. The van der Waals surface area contributed by atoms with E-state index in [1.807, 2.05) is 97.9 Å². The fourth-order valence-corrected chi connectivity index (χ4v) is 5.23. The lowest BCUT2D eigenvalue weighted by atomic mass is 9.66. The third kappa shape index (κ3) is 3.08. The maximum atomic E-state index is 13.9. The molecule has 32 heavy (non-hydrogen) atoms. The van der Waals surface area contributed by atoms with Gasteiger partial charge >= 0.3 is 0 Å². The number of likely N-dealkylation sites (tertiary alicyclic amines) is 1. The smallest absolute Gasteiger partial charge is 0.235 e. The van der Waals surface area contributed by atoms with Gasteiger partial charge < -0.3 is 10.0 Å². The Hall–Kier alpha value is -2.99. The number of benzene rings is 3. The predicted molar refractivity (Wildman–Crippen MR) is 120 cm³/mol. The number of β-amino-alcohol motifs (C(OH)–C–C–N with tert-alkyl or cyclic N) is 1. The van der Waals surface area contributed by atoms with Crippen LogP contribution in [0.2, 0.25) is 0 Å². The van der Waals surface area contributed by atoms with Crippen LogP contribution in [0.15, 0.2) is 91.0 Å². The molecule has 2 aliphatic heterocycles. The predicted octanol–water partition coefficient (Wildman–Crippen LogP) is 4.41. The molecule has 5 heteroatoms. The Morgan fingerprint density at radius 3 is 1.91 bits per heavy atom. The van der Waals surface area contributed by atoms with Crippen LogP contribution in [0.4, 0.5) is 0 Å². The van der Waals surface area contributed by atoms with Gasteiger partial charge in [-0.2, -0.15) is 4.89 Å². The number of hydrogen-bond donors (Lipinski definition) is 1. The lowest BCUT2D eigenvalue weighted by Crippen LogP contribution is -2.59. The lowest BCUT2D eigenvalue weighted by molar-refractivity contribution is -0.502. The molecule has 0 spiro atoms. The first kappa shape index (κ1) is 20.9. The second-order valence-corrected chi connectivity index (χ2v) is 8.77. The van der Waals surface area contributed by atoms with E-state index in [9.17, 15) is 9.90 Å². The molecule has 2 heterocycles. The molecule has 3 aromatic carbocycles. The van der Waals surface area contributed by atoms with E-state index in [0.717, 1.165) is 16.7 Å². The molecule has 2 aliphatic rings. The van der Waals surface area contributed by atoms with Crippen molar-refractivity contribution in [2.45, 2.75) is 37.7 Å². The van der Waals surface area contributed by atoms with Crippen LogP contribution in [0, 0.1) is 5.41 Å². The molecule has 1 amide bonds. The second kappa shape index (κ2) is 7.85. The average Bonchev–Trinajstić information content (AvgIpc) is 3.06. The van der Waals surface area contributed by atoms with Gasteiger partial charge in [0.15, 0.2) is 5.60 Å². The van der Waals surface area contributed by atoms with Gasteiger partial charge in [0.25, 0.3) is 0 Å². The largest absolute Gasteiger partial charge is 0.361 e. The van der Waals surface area contributed by atoms with Crippen molar-refractivity contribution in [3.8, 4) is 0 Å². The SMILES string of the molecule is CCC12CC(c3ccccc3)(c3ccccc3)OOC1(O)CN(Cc1ccccc1)C2=O. The first-order chi connectivity index (χ1) is 15.5. The molecule has 0 radical (unpaired) electrons. The summed E-state index contributed by atoms with van der Waals surface area (Å²) in [7, 11) is 0. The third-order valence-electron chi connectivity index (χ3n) is 7.02. The Morgan fingerprint density at radius 1 is 0.844 bits per heavy atom. The fraction of sp³-hybridized carbons (Fsp3) is 0.296. The number of amides is 1. The molecule has 2 saturated heterocycles. The molecule has 0 aromatic heterocycles. The van der Waals surface area contributed by atoms with E-state index in [2.05, 4.69) is 0 Å². The highest BCUT2D eigenvalue weighted by Crippen LogP contribution is 2.58. The Labute approximate surface area is 188 Å². The molecule has 5 rings (SSSR count). The summed E-state index contributed by atoms with van der Waals surface area (Å²) in [5.74, 6) is -1.83. The minimum atomic E-state index is -1.72. The summed E-state index contributed by atoms with van der Waals surface area (Å²) < 4.78 is 0. The van der Waals surface area contributed by atoms with Crippen LogP contribution < -0.4 is 0 Å². The second-order valence-electron chi connectivity index (χ2n) is 8.77. The van der Waals surface area contributed by atoms with Gasteiger partial charge in [-0.3, -0.25) is 4.79 Å². The standard InChI is InChI=1S/C27H27NO4/c1-2-25-19-26(22-14-8-4-9-15-22,23-16-10-5-11-17-23)31-32-27(25,30)20-28(24(25)29)18-21-12-6-3-7-13-21/h3-17,30H,2,18-20H2,1H3. The van der Waals surface area contributed by atoms with Gasteiger partial charge in [-0.25, -0.2) is 4.89 Å². The molecular weight excluding hydrogens is 402 g/mol. The zero-order chi connectivity index (χ0) is 22.2. The van der Waals surface area contributed by atoms with E-state index in [1.54, 1.807) is 4.90 Å². The van der Waals surface area contributed by atoms with Crippen LogP contribution in [0.25, 0.3) is 0 Å². The van der Waals surface area contributed by atoms with Crippen molar-refractivity contribution in [2.24, 2.45) is 5.41 Å². The van der Waals surface area contributed by atoms with E-state index >= 15 is 0 Å². The summed E-state index contributed by atoms with van der Waals surface area (Å²) in [6.45, 7) is 2.41. The lowest BCUT2D eigenvalue weighted by Gasteiger charge is -2.49. The maximum Gasteiger partial charge on any atom is 0.235 e. The number of aliphatic hydroxyl groups is 1. The minimum Gasteiger partial charge on any atom is -0.361 e. The van der Waals surface area contributed by atoms with Gasteiger partial charge in [-0.15, -0.1) is 0 Å². The molecular formula is C27H27NO4. The molecule has 5 nitrogen and oxygen atoms in total. The molecule has 2 unspecified atom stereocenters. The van der Waals surface area contributed by atoms with Gasteiger partial charge in [0.1, 0.15) is 5.41 Å². The summed E-state index contributed by atoms with van der Waals surface area (Å²) in [5.41, 5.74) is 0.632. The number of nitrogens with zero attached hydrogens (tertiary/aromatic N) is 1. The van der Waals surface area contributed by atoms with E-state index in [-0.39, 0.29) is 18.9 Å². The molecule has 2 fully saturated rings. The van der Waals surface area contributed by atoms with Gasteiger partial charge in [-0.05, 0) is 23.1 Å². The van der Waals surface area contributed by atoms with E-state index in [1.165, 1.54) is 0 Å². The topological polar surface area (TPSA) is 59.0 Å². The van der Waals surface area contributed by atoms with E-state index < -0.39 is 16.8 Å². The zero-order valence-corrected chi connectivity index (χ0v) is 18.1. The van der Waals surface area contributed by atoms with Gasteiger partial charge in [0.05, 0.1) is 6.54 Å². The number of fused-ring (bicyclic) bond motifs is 1. The molecule has 0 aliphatic carbocycles. The van der Waals surface area contributed by atoms with Crippen LogP contribution in [-0.2, 0) is 26.7 Å². The van der Waals surface area contributed by atoms with Crippen LogP contribution in [0.3, 0.4) is 0 Å². The van der Waals surface area contributed by atoms with Crippen molar-refractivity contribution in [3.05, 3.63) is 108 Å². The van der Waals surface area contributed by atoms with Gasteiger partial charge in [0.2, 0.25) is 11.7 Å². The van der Waals surface area contributed by atoms with E-state index in [0.29, 0.717) is 13.0 Å². The van der Waals surface area contributed by atoms with Crippen LogP contribution >= 0.6 is 0 Å². The molecule has 164 valence electrons. The number of hydrogen-bond acceptors (Lipinski definition) is 4. The van der Waals surface area contributed by atoms with Crippen LogP contribution in [-0.4, -0.2) is 28.2 Å². The van der Waals surface area contributed by atoms with E-state index in [4.69, 9.17) is 9.78 Å². The molecule has 3 aromatic rings. The monoisotopic (exact) mass is 429 g/mol. The minimum absolute atomic E-state index is 0.0637. The quantitative estimate of drug-likeness (QED) is 0.611. The maximum absolute atomic E-state index is 13.9. The number of carbonyl (C=O) groups is 1. The number of rotatable bonds is 5. The highest BCUT2D eigenvalue weighted by Gasteiger charge is 2.70. The average molecular weight is 430 g/mol. The van der Waals surface area contributed by atoms with Crippen molar-refractivity contribution in [1.29, 1.82) is 0 Å².